The Morgan fingerprint density at radius 1 is 0.452 bits per heavy atom. The zero-order valence-corrected chi connectivity index (χ0v) is 40.8. The lowest BCUT2D eigenvalue weighted by Gasteiger charge is -2.40. The average molecular weight is 884 g/mol. The second kappa shape index (κ2) is 42.8. The Kier molecular flexibility index (Phi) is 40.9. The van der Waals surface area contributed by atoms with Gasteiger partial charge < -0.3 is 40.7 Å². The molecule has 1 aliphatic heterocycles. The molecule has 9 nitrogen and oxygen atoms in total. The van der Waals surface area contributed by atoms with Crippen molar-refractivity contribution in [3.8, 4) is 0 Å². The van der Waals surface area contributed by atoms with Crippen molar-refractivity contribution < 1.29 is 40.2 Å². The molecule has 1 aliphatic rings. The van der Waals surface area contributed by atoms with E-state index >= 15 is 0 Å². The lowest BCUT2D eigenvalue weighted by molar-refractivity contribution is -0.230. The molecule has 9 heteroatoms. The fraction of sp³-hybridized carbons (Fsp3) is 0.981. The van der Waals surface area contributed by atoms with Gasteiger partial charge in [-0.1, -0.05) is 245 Å². The van der Waals surface area contributed by atoms with E-state index in [4.69, 9.17) is 4.74 Å². The molecule has 0 radical (unpaired) electrons. The number of ether oxygens (including phenoxy) is 1. The van der Waals surface area contributed by atoms with E-state index in [2.05, 4.69) is 19.2 Å². The van der Waals surface area contributed by atoms with Gasteiger partial charge in [-0.25, -0.2) is 0 Å². The summed E-state index contributed by atoms with van der Waals surface area (Å²) in [5.74, 6) is -0.0935. The summed E-state index contributed by atoms with van der Waals surface area (Å²) in [6.45, 7) is 4.08. The molecule has 0 aromatic heterocycles. The van der Waals surface area contributed by atoms with Crippen LogP contribution in [-0.2, 0) is 9.53 Å². The first kappa shape index (κ1) is 59.2. The molecule has 7 N–H and O–H groups in total. The highest BCUT2D eigenvalue weighted by molar-refractivity contribution is 5.76. The molecule has 1 saturated heterocycles. The Morgan fingerprint density at radius 2 is 0.790 bits per heavy atom. The molecular weight excluding hydrogens is 779 g/mol. The molecule has 8 atom stereocenters. The quantitative estimate of drug-likeness (QED) is 0.0298. The minimum atomic E-state index is -1.40. The number of nitrogens with one attached hydrogen (secondary N) is 1. The number of aliphatic hydroxyl groups excluding tert-OH is 6. The molecule has 0 bridgehead atoms. The third kappa shape index (κ3) is 32.0. The average Bonchev–Trinajstić information content (AvgIpc) is 3.27. The standard InChI is InChI=1S/C53H105NO8/c1-3-5-7-9-11-13-15-17-18-19-20-21-22-23-24-25-26-27-29-31-33-35-37-43-49(57)54-45(40-38-39-42-47-51(59)53(61)52(60)48(44-55)62-47)50(58)46(56)41-36-34-32-30-28-16-14-12-10-8-6-4-2/h45-48,50-53,55-56,58-61H,3-44H2,1-2H3,(H,54,57)/t45?,46?,47-,48?,50?,51?,52+,53?/m1/s1. The van der Waals surface area contributed by atoms with Gasteiger partial charge in [-0.15, -0.1) is 0 Å². The van der Waals surface area contributed by atoms with Crippen molar-refractivity contribution >= 4 is 5.91 Å². The Hall–Kier alpha value is -0.810. The largest absolute Gasteiger partial charge is 0.394 e. The molecule has 1 amide bonds. The Labute approximate surface area is 382 Å². The van der Waals surface area contributed by atoms with Gasteiger partial charge in [0.05, 0.1) is 31.0 Å². The summed E-state index contributed by atoms with van der Waals surface area (Å²) in [6.07, 6.45) is 40.6. The van der Waals surface area contributed by atoms with Crippen LogP contribution in [0.5, 0.6) is 0 Å². The van der Waals surface area contributed by atoms with Crippen LogP contribution >= 0.6 is 0 Å². The van der Waals surface area contributed by atoms with E-state index < -0.39 is 55.4 Å². The van der Waals surface area contributed by atoms with E-state index in [1.54, 1.807) is 0 Å². The predicted octanol–water partition coefficient (Wildman–Crippen LogP) is 12.1. The summed E-state index contributed by atoms with van der Waals surface area (Å²) in [5.41, 5.74) is 0. The SMILES string of the molecule is CCCCCCCCCCCCCCCCCCCCCCCCCC(=O)NC(CCCC[C@H]1OC(CO)[C@H](O)C(O)C1O)C(O)C(O)CCCCCCCCCCCCCC. The summed E-state index contributed by atoms with van der Waals surface area (Å²) in [7, 11) is 0. The molecule has 1 fully saturated rings. The van der Waals surface area contributed by atoms with Crippen molar-refractivity contribution in [2.75, 3.05) is 6.61 Å². The van der Waals surface area contributed by atoms with E-state index in [-0.39, 0.29) is 5.91 Å². The van der Waals surface area contributed by atoms with Crippen molar-refractivity contribution in [2.45, 2.75) is 326 Å². The summed E-state index contributed by atoms with van der Waals surface area (Å²) in [5, 5.41) is 65.6. The highest BCUT2D eigenvalue weighted by Crippen LogP contribution is 2.26. The third-order valence-corrected chi connectivity index (χ3v) is 13.8. The second-order valence-electron chi connectivity index (χ2n) is 19.6. The van der Waals surface area contributed by atoms with Gasteiger partial charge >= 0.3 is 0 Å². The number of hydrogen-bond donors (Lipinski definition) is 7. The zero-order chi connectivity index (χ0) is 45.3. The number of rotatable bonds is 46. The van der Waals surface area contributed by atoms with Crippen molar-refractivity contribution in [2.24, 2.45) is 0 Å². The molecule has 0 spiro atoms. The second-order valence-corrected chi connectivity index (χ2v) is 19.6. The molecule has 370 valence electrons. The van der Waals surface area contributed by atoms with Crippen LogP contribution in [0.15, 0.2) is 0 Å². The van der Waals surface area contributed by atoms with Gasteiger partial charge in [0.15, 0.2) is 0 Å². The lowest BCUT2D eigenvalue weighted by Crippen LogP contribution is -2.58. The van der Waals surface area contributed by atoms with Gasteiger partial charge in [0.25, 0.3) is 0 Å². The molecule has 1 heterocycles. The maximum Gasteiger partial charge on any atom is 0.220 e. The monoisotopic (exact) mass is 884 g/mol. The van der Waals surface area contributed by atoms with Crippen LogP contribution in [-0.4, -0.2) is 91.9 Å². The van der Waals surface area contributed by atoms with Gasteiger partial charge in [-0.3, -0.25) is 4.79 Å². The normalized spacial score (nSPS) is 20.7. The third-order valence-electron chi connectivity index (χ3n) is 13.8. The highest BCUT2D eigenvalue weighted by atomic mass is 16.5. The number of hydrogen-bond acceptors (Lipinski definition) is 8. The van der Waals surface area contributed by atoms with Crippen molar-refractivity contribution in [1.29, 1.82) is 0 Å². The number of carbonyl (C=O) groups excluding carboxylic acids is 1. The van der Waals surface area contributed by atoms with E-state index in [1.807, 2.05) is 0 Å². The summed E-state index contributed by atoms with van der Waals surface area (Å²) in [6, 6.07) is -0.589. The number of amides is 1. The van der Waals surface area contributed by atoms with Crippen LogP contribution in [0.1, 0.15) is 277 Å². The molecule has 0 aromatic carbocycles. The maximum absolute atomic E-state index is 13.1. The predicted molar refractivity (Wildman–Crippen MR) is 258 cm³/mol. The summed E-state index contributed by atoms with van der Waals surface area (Å²) >= 11 is 0. The van der Waals surface area contributed by atoms with E-state index in [9.17, 15) is 35.4 Å². The van der Waals surface area contributed by atoms with Crippen molar-refractivity contribution in [3.05, 3.63) is 0 Å². The Morgan fingerprint density at radius 3 is 1.18 bits per heavy atom. The van der Waals surface area contributed by atoms with Gasteiger partial charge in [-0.2, -0.15) is 0 Å². The van der Waals surface area contributed by atoms with Crippen LogP contribution in [0.2, 0.25) is 0 Å². The molecule has 0 aliphatic carbocycles. The van der Waals surface area contributed by atoms with Crippen LogP contribution in [0.3, 0.4) is 0 Å². The highest BCUT2D eigenvalue weighted by Gasteiger charge is 2.43. The fourth-order valence-electron chi connectivity index (χ4n) is 9.44. The van der Waals surface area contributed by atoms with E-state index in [0.717, 1.165) is 38.5 Å². The van der Waals surface area contributed by atoms with Crippen molar-refractivity contribution in [1.82, 2.24) is 5.32 Å². The fourth-order valence-corrected chi connectivity index (χ4v) is 9.44. The van der Waals surface area contributed by atoms with E-state index in [1.165, 1.54) is 186 Å². The molecule has 6 unspecified atom stereocenters. The smallest absolute Gasteiger partial charge is 0.220 e. The zero-order valence-electron chi connectivity index (χ0n) is 40.8. The van der Waals surface area contributed by atoms with Gasteiger partial charge in [0.2, 0.25) is 5.91 Å². The van der Waals surface area contributed by atoms with Crippen LogP contribution in [0.4, 0.5) is 0 Å². The van der Waals surface area contributed by atoms with Crippen LogP contribution < -0.4 is 5.32 Å². The molecular formula is C53H105NO8. The van der Waals surface area contributed by atoms with Gasteiger partial charge in [0.1, 0.15) is 24.4 Å². The minimum absolute atomic E-state index is 0.0935. The summed E-state index contributed by atoms with van der Waals surface area (Å²) in [4.78, 5) is 13.1. The first-order valence-corrected chi connectivity index (χ1v) is 27.2. The van der Waals surface area contributed by atoms with Crippen LogP contribution in [0.25, 0.3) is 0 Å². The van der Waals surface area contributed by atoms with Gasteiger partial charge in [-0.05, 0) is 25.7 Å². The Bertz CT molecular complexity index is 955. The molecule has 0 aromatic rings. The molecule has 0 saturated carbocycles. The lowest BCUT2D eigenvalue weighted by atomic mass is 9.91. The topological polar surface area (TPSA) is 160 Å². The molecule has 62 heavy (non-hydrogen) atoms. The van der Waals surface area contributed by atoms with Gasteiger partial charge in [0, 0.05) is 6.42 Å². The number of aliphatic hydroxyl groups is 6. The number of unbranched alkanes of at least 4 members (excludes halogenated alkanes) is 34. The first-order chi connectivity index (χ1) is 30.3. The summed E-state index contributed by atoms with van der Waals surface area (Å²) < 4.78 is 5.66. The maximum atomic E-state index is 13.1. The van der Waals surface area contributed by atoms with Crippen molar-refractivity contribution in [3.63, 3.8) is 0 Å². The first-order valence-electron chi connectivity index (χ1n) is 27.2. The molecule has 1 rings (SSSR count). The minimum Gasteiger partial charge on any atom is -0.394 e. The van der Waals surface area contributed by atoms with E-state index in [0.29, 0.717) is 38.5 Å². The van der Waals surface area contributed by atoms with Crippen LogP contribution in [0, 0.1) is 0 Å². The number of carbonyl (C=O) groups is 1. The Balaban J connectivity index is 2.27.